The lowest BCUT2D eigenvalue weighted by Gasteiger charge is -2.14. The molecule has 1 atom stereocenters. The number of nitrogens with one attached hydrogen (secondary N) is 2. The highest BCUT2D eigenvalue weighted by molar-refractivity contribution is 7.85. The molecule has 0 radical (unpaired) electrons. The molecular formula is C18H19F3N2O5S. The molecule has 1 amide bonds. The molecule has 2 rings (SSSR count). The fourth-order valence-electron chi connectivity index (χ4n) is 2.37. The molecule has 0 fully saturated rings. The summed E-state index contributed by atoms with van der Waals surface area (Å²) in [6.07, 6.45) is -4.77. The summed E-state index contributed by atoms with van der Waals surface area (Å²) in [5.74, 6) is -1.78. The molecule has 0 saturated carbocycles. The van der Waals surface area contributed by atoms with Crippen molar-refractivity contribution in [3.05, 3.63) is 54.1 Å². The number of halogens is 3. The van der Waals surface area contributed by atoms with Gasteiger partial charge in [0, 0.05) is 6.54 Å². The van der Waals surface area contributed by atoms with Crippen molar-refractivity contribution in [3.63, 3.8) is 0 Å². The molecule has 0 heterocycles. The van der Waals surface area contributed by atoms with Crippen LogP contribution in [0.15, 0.2) is 48.5 Å². The smallest absolute Gasteiger partial charge is 0.406 e. The quantitative estimate of drug-likeness (QED) is 0.554. The van der Waals surface area contributed by atoms with Gasteiger partial charge < -0.3 is 15.4 Å². The molecule has 0 spiro atoms. The molecule has 158 valence electrons. The number of carbonyl (C=O) groups is 1. The molecule has 0 aliphatic rings. The van der Waals surface area contributed by atoms with Gasteiger partial charge in [0.25, 0.3) is 10.1 Å². The third-order valence-corrected chi connectivity index (χ3v) is 4.30. The first-order valence-electron chi connectivity index (χ1n) is 8.34. The maximum absolute atomic E-state index is 12.3. The van der Waals surface area contributed by atoms with Gasteiger partial charge in [0.2, 0.25) is 5.91 Å². The van der Waals surface area contributed by atoms with Crippen molar-refractivity contribution in [2.24, 2.45) is 0 Å². The molecule has 0 bridgehead atoms. The minimum Gasteiger partial charge on any atom is -0.406 e. The minimum absolute atomic E-state index is 0.290. The van der Waals surface area contributed by atoms with Crippen molar-refractivity contribution >= 4 is 16.0 Å². The average molecular weight is 432 g/mol. The van der Waals surface area contributed by atoms with Crippen molar-refractivity contribution in [3.8, 4) is 16.9 Å². The van der Waals surface area contributed by atoms with Crippen molar-refractivity contribution in [2.75, 3.05) is 5.88 Å². The van der Waals surface area contributed by atoms with Gasteiger partial charge in [-0.25, -0.2) is 0 Å². The van der Waals surface area contributed by atoms with Crippen LogP contribution in [0.3, 0.4) is 0 Å². The predicted octanol–water partition coefficient (Wildman–Crippen LogP) is 2.69. The number of carbonyl (C=O) groups excluding carboxylic acids is 1. The second-order valence-electron chi connectivity index (χ2n) is 6.14. The first kappa shape index (κ1) is 22.7. The summed E-state index contributed by atoms with van der Waals surface area (Å²) < 4.78 is 70.8. The van der Waals surface area contributed by atoms with Gasteiger partial charge in [-0.15, -0.1) is 13.2 Å². The van der Waals surface area contributed by atoms with Crippen LogP contribution in [0.1, 0.15) is 12.5 Å². The van der Waals surface area contributed by atoms with Gasteiger partial charge in [0.15, 0.2) is 0 Å². The first-order valence-corrected chi connectivity index (χ1v) is 9.95. The number of amides is 1. The van der Waals surface area contributed by atoms with Crippen LogP contribution < -0.4 is 15.4 Å². The summed E-state index contributed by atoms with van der Waals surface area (Å²) >= 11 is 0. The molecule has 7 nitrogen and oxygen atoms in total. The summed E-state index contributed by atoms with van der Waals surface area (Å²) in [5.41, 5.74) is 2.02. The van der Waals surface area contributed by atoms with Crippen LogP contribution in [0.2, 0.25) is 0 Å². The van der Waals surface area contributed by atoms with Crippen LogP contribution in [-0.2, 0) is 21.5 Å². The zero-order valence-electron chi connectivity index (χ0n) is 15.2. The summed E-state index contributed by atoms with van der Waals surface area (Å²) in [7, 11) is -4.30. The zero-order valence-corrected chi connectivity index (χ0v) is 16.0. The average Bonchev–Trinajstić information content (AvgIpc) is 2.63. The molecule has 2 aromatic carbocycles. The Morgan fingerprint density at radius 2 is 1.79 bits per heavy atom. The van der Waals surface area contributed by atoms with Gasteiger partial charge >= 0.3 is 6.36 Å². The Hall–Kier alpha value is -2.63. The van der Waals surface area contributed by atoms with Crippen LogP contribution in [-0.4, -0.2) is 37.2 Å². The Bertz CT molecular complexity index is 947. The second-order valence-corrected chi connectivity index (χ2v) is 7.59. The van der Waals surface area contributed by atoms with Crippen LogP contribution in [0.5, 0.6) is 5.75 Å². The maximum atomic E-state index is 12.3. The maximum Gasteiger partial charge on any atom is 0.573 e. The fourth-order valence-corrected chi connectivity index (χ4v) is 2.69. The second kappa shape index (κ2) is 9.25. The summed E-state index contributed by atoms with van der Waals surface area (Å²) in [4.78, 5) is 11.7. The monoisotopic (exact) mass is 432 g/mol. The van der Waals surface area contributed by atoms with E-state index in [1.165, 1.54) is 25.1 Å². The number of hydrogen-bond donors (Lipinski definition) is 3. The largest absolute Gasteiger partial charge is 0.573 e. The Morgan fingerprint density at radius 1 is 1.14 bits per heavy atom. The van der Waals surface area contributed by atoms with Crippen LogP contribution in [0, 0.1) is 0 Å². The Balaban J connectivity index is 1.95. The number of benzene rings is 2. The van der Waals surface area contributed by atoms with E-state index < -0.39 is 34.3 Å². The Morgan fingerprint density at radius 3 is 2.38 bits per heavy atom. The highest BCUT2D eigenvalue weighted by Crippen LogP contribution is 2.28. The van der Waals surface area contributed by atoms with Crippen molar-refractivity contribution in [2.45, 2.75) is 25.9 Å². The Labute approximate surface area is 165 Å². The van der Waals surface area contributed by atoms with Crippen molar-refractivity contribution < 1.29 is 35.7 Å². The number of alkyl halides is 3. The lowest BCUT2D eigenvalue weighted by molar-refractivity contribution is -0.274. The Kier molecular flexibility index (Phi) is 7.22. The van der Waals surface area contributed by atoms with Gasteiger partial charge in [-0.05, 0) is 35.7 Å². The molecule has 3 N–H and O–H groups in total. The van der Waals surface area contributed by atoms with Gasteiger partial charge in [-0.2, -0.15) is 8.42 Å². The van der Waals surface area contributed by atoms with Gasteiger partial charge in [0.05, 0.1) is 6.04 Å². The minimum atomic E-state index is -4.77. The van der Waals surface area contributed by atoms with E-state index in [2.05, 4.69) is 15.4 Å². The molecule has 0 aromatic heterocycles. The predicted molar refractivity (Wildman–Crippen MR) is 99.4 cm³/mol. The fraction of sp³-hybridized carbons (Fsp3) is 0.278. The SMILES string of the molecule is C[C@H](NCc1ccc(-c2cccc(OC(F)(F)F)c2)cc1)C(=O)NCS(=O)(=O)O. The molecule has 11 heteroatoms. The molecule has 0 aliphatic carbocycles. The summed E-state index contributed by atoms with van der Waals surface area (Å²) in [6, 6.07) is 11.8. The van der Waals surface area contributed by atoms with Crippen LogP contribution in [0.4, 0.5) is 13.2 Å². The van der Waals surface area contributed by atoms with E-state index in [1.807, 2.05) is 0 Å². The number of rotatable bonds is 8. The van der Waals surface area contributed by atoms with E-state index in [4.69, 9.17) is 4.55 Å². The lowest BCUT2D eigenvalue weighted by Crippen LogP contribution is -2.43. The standard InChI is InChI=1S/C18H19F3N2O5S/c1-12(17(24)23-11-29(25,26)27)22-10-13-5-7-14(8-6-13)15-3-2-4-16(9-15)28-18(19,20)21/h2-9,12,22H,10-11H2,1H3,(H,23,24)(H,25,26,27)/t12-/m0/s1. The topological polar surface area (TPSA) is 105 Å². The van der Waals surface area contributed by atoms with Crippen LogP contribution in [0.25, 0.3) is 11.1 Å². The van der Waals surface area contributed by atoms with Gasteiger partial charge in [0.1, 0.15) is 11.6 Å². The molecule has 29 heavy (non-hydrogen) atoms. The van der Waals surface area contributed by atoms with Crippen LogP contribution >= 0.6 is 0 Å². The lowest BCUT2D eigenvalue weighted by atomic mass is 10.0. The van der Waals surface area contributed by atoms with Gasteiger partial charge in [-0.3, -0.25) is 9.35 Å². The number of ether oxygens (including phenoxy) is 1. The van der Waals surface area contributed by atoms with E-state index in [9.17, 15) is 26.4 Å². The van der Waals surface area contributed by atoms with E-state index in [0.29, 0.717) is 11.1 Å². The summed E-state index contributed by atoms with van der Waals surface area (Å²) in [5, 5.41) is 4.97. The van der Waals surface area contributed by atoms with E-state index in [1.54, 1.807) is 30.3 Å². The van der Waals surface area contributed by atoms with E-state index in [-0.39, 0.29) is 12.3 Å². The van der Waals surface area contributed by atoms with Crippen molar-refractivity contribution in [1.82, 2.24) is 10.6 Å². The normalized spacial score (nSPS) is 13.0. The third kappa shape index (κ3) is 8.10. The molecule has 0 unspecified atom stereocenters. The zero-order chi connectivity index (χ0) is 21.7. The van der Waals surface area contributed by atoms with E-state index >= 15 is 0 Å². The van der Waals surface area contributed by atoms with E-state index in [0.717, 1.165) is 5.56 Å². The first-order chi connectivity index (χ1) is 13.4. The highest BCUT2D eigenvalue weighted by atomic mass is 32.2. The molecule has 0 saturated heterocycles. The third-order valence-electron chi connectivity index (χ3n) is 3.79. The highest BCUT2D eigenvalue weighted by Gasteiger charge is 2.31. The van der Waals surface area contributed by atoms with Gasteiger partial charge in [-0.1, -0.05) is 36.4 Å². The molecule has 0 aliphatic heterocycles. The molecular weight excluding hydrogens is 413 g/mol. The van der Waals surface area contributed by atoms with Crippen molar-refractivity contribution in [1.29, 1.82) is 0 Å². The number of hydrogen-bond acceptors (Lipinski definition) is 5. The summed E-state index contributed by atoms with van der Waals surface area (Å²) in [6.45, 7) is 1.82. The molecule has 2 aromatic rings.